The summed E-state index contributed by atoms with van der Waals surface area (Å²) in [5.74, 6) is 1.06. The van der Waals surface area contributed by atoms with Gasteiger partial charge in [0, 0.05) is 18.3 Å². The number of pyridine rings is 1. The Morgan fingerprint density at radius 1 is 1.18 bits per heavy atom. The van der Waals surface area contributed by atoms with Gasteiger partial charge in [0.25, 0.3) is 0 Å². The summed E-state index contributed by atoms with van der Waals surface area (Å²) in [4.78, 5) is 17.0. The first kappa shape index (κ1) is 22.1. The van der Waals surface area contributed by atoms with Crippen LogP contribution in [0.25, 0.3) is 0 Å². The molecule has 1 N–H and O–H groups in total. The van der Waals surface area contributed by atoms with Crippen molar-refractivity contribution >= 4 is 5.78 Å². The molecule has 2 aromatic rings. The zero-order valence-corrected chi connectivity index (χ0v) is 17.2. The van der Waals surface area contributed by atoms with Crippen LogP contribution in [-0.4, -0.2) is 28.3 Å². The van der Waals surface area contributed by atoms with Crippen LogP contribution in [0, 0.1) is 11.8 Å². The van der Waals surface area contributed by atoms with Gasteiger partial charge in [-0.3, -0.25) is 9.78 Å². The fourth-order valence-corrected chi connectivity index (χ4v) is 3.62. The van der Waals surface area contributed by atoms with Crippen molar-refractivity contribution in [2.75, 3.05) is 6.79 Å². The van der Waals surface area contributed by atoms with Gasteiger partial charge in [-0.05, 0) is 55.0 Å². The number of aliphatic hydroxyl groups is 1. The van der Waals surface area contributed by atoms with Crippen LogP contribution in [0.5, 0.6) is 5.75 Å². The lowest BCUT2D eigenvalue weighted by Crippen LogP contribution is -2.49. The lowest BCUT2D eigenvalue weighted by Gasteiger charge is -2.37. The monoisotopic (exact) mass is 385 g/mol. The van der Waals surface area contributed by atoms with Gasteiger partial charge >= 0.3 is 0 Å². The van der Waals surface area contributed by atoms with Gasteiger partial charge in [0.1, 0.15) is 24.8 Å². The first-order valence-corrected chi connectivity index (χ1v) is 9.75. The third-order valence-corrected chi connectivity index (χ3v) is 5.01. The van der Waals surface area contributed by atoms with Gasteiger partial charge in [0.15, 0.2) is 5.78 Å². The van der Waals surface area contributed by atoms with Crippen molar-refractivity contribution in [3.05, 3.63) is 59.9 Å². The van der Waals surface area contributed by atoms with Crippen LogP contribution in [0.2, 0.25) is 0 Å². The third-order valence-electron chi connectivity index (χ3n) is 5.01. The number of hydrogen-bond donors (Lipinski definition) is 1. The van der Waals surface area contributed by atoms with E-state index < -0.39 is 12.4 Å². The van der Waals surface area contributed by atoms with Gasteiger partial charge < -0.3 is 14.6 Å². The van der Waals surface area contributed by atoms with E-state index in [0.29, 0.717) is 18.9 Å². The van der Waals surface area contributed by atoms with Gasteiger partial charge in [-0.25, -0.2) is 0 Å². The van der Waals surface area contributed by atoms with E-state index in [9.17, 15) is 9.90 Å². The lowest BCUT2D eigenvalue weighted by atomic mass is 9.77. The molecule has 152 valence electrons. The van der Waals surface area contributed by atoms with Crippen LogP contribution >= 0.6 is 0 Å². The predicted molar refractivity (Wildman–Crippen MR) is 109 cm³/mol. The number of aliphatic hydroxyl groups excluding tert-OH is 1. The number of carbonyl (C=O) groups excluding carboxylic acids is 1. The molecule has 0 aliphatic heterocycles. The quantitative estimate of drug-likeness (QED) is 0.588. The predicted octanol–water partition coefficient (Wildman–Crippen LogP) is 4.18. The van der Waals surface area contributed by atoms with Crippen molar-refractivity contribution in [3.63, 3.8) is 0 Å². The Bertz CT molecular complexity index is 747. The van der Waals surface area contributed by atoms with E-state index in [1.165, 1.54) is 6.92 Å². The van der Waals surface area contributed by atoms with Gasteiger partial charge in [0.05, 0.1) is 0 Å². The normalized spacial score (nSPS) is 14.5. The van der Waals surface area contributed by atoms with Crippen LogP contribution in [0.1, 0.15) is 45.4 Å². The topological polar surface area (TPSA) is 68.7 Å². The number of benzene rings is 1. The maximum atomic E-state index is 12.6. The number of aromatic nitrogens is 1. The highest BCUT2D eigenvalue weighted by Crippen LogP contribution is 2.32. The Morgan fingerprint density at radius 3 is 2.50 bits per heavy atom. The van der Waals surface area contributed by atoms with E-state index in [4.69, 9.17) is 9.47 Å². The molecule has 0 aliphatic carbocycles. The first-order valence-electron chi connectivity index (χ1n) is 9.75. The molecule has 0 spiro atoms. The van der Waals surface area contributed by atoms with E-state index in [-0.39, 0.29) is 11.7 Å². The number of rotatable bonds is 11. The van der Waals surface area contributed by atoms with E-state index in [0.717, 1.165) is 23.4 Å². The maximum Gasteiger partial charge on any atom is 0.162 e. The highest BCUT2D eigenvalue weighted by atomic mass is 16.6. The van der Waals surface area contributed by atoms with Crippen molar-refractivity contribution in [1.29, 1.82) is 0 Å². The Balaban J connectivity index is 2.20. The van der Waals surface area contributed by atoms with Crippen molar-refractivity contribution in [2.45, 2.75) is 52.7 Å². The summed E-state index contributed by atoms with van der Waals surface area (Å²) in [5, 5.41) is 9.46. The summed E-state index contributed by atoms with van der Waals surface area (Å²) >= 11 is 0. The average Bonchev–Trinajstić information content (AvgIpc) is 2.66. The summed E-state index contributed by atoms with van der Waals surface area (Å²) in [6.45, 7) is 7.66. The summed E-state index contributed by atoms with van der Waals surface area (Å²) in [5.41, 5.74) is 0.616. The summed E-state index contributed by atoms with van der Waals surface area (Å²) in [6, 6.07) is 13.4. The molecular weight excluding hydrogens is 354 g/mol. The van der Waals surface area contributed by atoms with Crippen molar-refractivity contribution in [2.24, 2.45) is 11.8 Å². The molecule has 0 saturated carbocycles. The van der Waals surface area contributed by atoms with Crippen LogP contribution in [0.15, 0.2) is 48.7 Å². The fourth-order valence-electron chi connectivity index (χ4n) is 3.62. The molecule has 5 heteroatoms. The number of ketones is 1. The highest BCUT2D eigenvalue weighted by Gasteiger charge is 2.42. The Morgan fingerprint density at radius 2 is 1.89 bits per heavy atom. The molecule has 1 aromatic heterocycles. The Hall–Kier alpha value is -2.24. The second-order valence-corrected chi connectivity index (χ2v) is 7.68. The number of Topliss-reactive ketones (excluding diaryl/α,β-unsaturated/α-hetero) is 1. The molecule has 0 fully saturated rings. The van der Waals surface area contributed by atoms with Crippen LogP contribution < -0.4 is 4.74 Å². The molecule has 5 nitrogen and oxygen atoms in total. The first-order chi connectivity index (χ1) is 13.4. The summed E-state index contributed by atoms with van der Waals surface area (Å²) in [6.07, 6.45) is 2.85. The van der Waals surface area contributed by atoms with Crippen molar-refractivity contribution < 1.29 is 19.4 Å². The molecule has 0 amide bonds. The van der Waals surface area contributed by atoms with E-state index in [1.54, 1.807) is 6.20 Å². The average molecular weight is 386 g/mol. The number of hydrogen-bond acceptors (Lipinski definition) is 5. The van der Waals surface area contributed by atoms with Crippen molar-refractivity contribution in [1.82, 2.24) is 4.98 Å². The zero-order chi connectivity index (χ0) is 20.6. The third kappa shape index (κ3) is 5.88. The SMILES string of the molecule is CC(=O)C(Cc1cc(COc2ccccc2)ccn1)(OCO)C(C)CC(C)C. The minimum absolute atomic E-state index is 0.0526. The van der Waals surface area contributed by atoms with E-state index in [1.807, 2.05) is 49.4 Å². The van der Waals surface area contributed by atoms with Gasteiger partial charge in [-0.1, -0.05) is 39.0 Å². The number of para-hydroxylation sites is 1. The summed E-state index contributed by atoms with van der Waals surface area (Å²) in [7, 11) is 0. The summed E-state index contributed by atoms with van der Waals surface area (Å²) < 4.78 is 11.5. The Labute approximate surface area is 167 Å². The lowest BCUT2D eigenvalue weighted by molar-refractivity contribution is -0.169. The standard InChI is InChI=1S/C23H31NO4/c1-17(2)12-18(3)23(19(4)26,28-16-25)14-21-13-20(10-11-24-21)15-27-22-8-6-5-7-9-22/h5-11,13,17-18,25H,12,14-16H2,1-4H3. The van der Waals surface area contributed by atoms with Gasteiger partial charge in [0.2, 0.25) is 0 Å². The molecule has 0 bridgehead atoms. The molecule has 2 unspecified atom stereocenters. The van der Waals surface area contributed by atoms with Gasteiger partial charge in [-0.15, -0.1) is 0 Å². The minimum atomic E-state index is -1.09. The van der Waals surface area contributed by atoms with Crippen LogP contribution in [0.3, 0.4) is 0 Å². The maximum absolute atomic E-state index is 12.6. The zero-order valence-electron chi connectivity index (χ0n) is 17.2. The van der Waals surface area contributed by atoms with Crippen LogP contribution in [0.4, 0.5) is 0 Å². The second kappa shape index (κ2) is 10.3. The number of nitrogens with zero attached hydrogens (tertiary/aromatic N) is 1. The highest BCUT2D eigenvalue weighted by molar-refractivity contribution is 5.85. The van der Waals surface area contributed by atoms with Crippen molar-refractivity contribution in [3.8, 4) is 5.75 Å². The number of ether oxygens (including phenoxy) is 2. The fraction of sp³-hybridized carbons (Fsp3) is 0.478. The van der Waals surface area contributed by atoms with E-state index in [2.05, 4.69) is 18.8 Å². The molecule has 0 radical (unpaired) electrons. The number of carbonyl (C=O) groups is 1. The van der Waals surface area contributed by atoms with Crippen LogP contribution in [-0.2, 0) is 22.6 Å². The molecule has 1 aromatic carbocycles. The molecule has 0 aliphatic rings. The smallest absolute Gasteiger partial charge is 0.162 e. The molecule has 1 heterocycles. The van der Waals surface area contributed by atoms with E-state index >= 15 is 0 Å². The largest absolute Gasteiger partial charge is 0.489 e. The molecule has 2 rings (SSSR count). The Kier molecular flexibility index (Phi) is 8.15. The van der Waals surface area contributed by atoms with Gasteiger partial charge in [-0.2, -0.15) is 0 Å². The molecular formula is C23H31NO4. The minimum Gasteiger partial charge on any atom is -0.489 e. The molecule has 2 atom stereocenters. The molecule has 28 heavy (non-hydrogen) atoms. The second-order valence-electron chi connectivity index (χ2n) is 7.68. The molecule has 0 saturated heterocycles.